The molecule has 7 heteroatoms. The van der Waals surface area contributed by atoms with Crippen molar-refractivity contribution in [2.75, 3.05) is 23.8 Å². The van der Waals surface area contributed by atoms with Crippen LogP contribution >= 0.6 is 0 Å². The van der Waals surface area contributed by atoms with Crippen LogP contribution in [0.5, 0.6) is 0 Å². The average Bonchev–Trinajstić information content (AvgIpc) is 3.06. The minimum atomic E-state index is -0.242. The van der Waals surface area contributed by atoms with Gasteiger partial charge in [0.2, 0.25) is 5.95 Å². The van der Waals surface area contributed by atoms with Crippen molar-refractivity contribution in [3.8, 4) is 0 Å². The van der Waals surface area contributed by atoms with E-state index in [1.807, 2.05) is 0 Å². The van der Waals surface area contributed by atoms with Gasteiger partial charge in [-0.05, 0) is 18.9 Å². The lowest BCUT2D eigenvalue weighted by molar-refractivity contribution is 0.120. The molecule has 0 spiro atoms. The van der Waals surface area contributed by atoms with Gasteiger partial charge in [0, 0.05) is 25.3 Å². The van der Waals surface area contributed by atoms with Gasteiger partial charge in [-0.2, -0.15) is 10.1 Å². The standard InChI is InChI=1S/C15H18FN5O/c16-13-6-2-1-4-11(13)8-17-14-10-19-21-15(20-14)18-9-12-5-3-7-22-12/h1-2,4,6,10,12H,3,5,7-9H2,(H2,17,18,20,21). The molecule has 0 saturated carbocycles. The van der Waals surface area contributed by atoms with Gasteiger partial charge in [0.1, 0.15) is 5.82 Å². The van der Waals surface area contributed by atoms with E-state index in [0.29, 0.717) is 30.4 Å². The highest BCUT2D eigenvalue weighted by molar-refractivity contribution is 5.38. The highest BCUT2D eigenvalue weighted by Crippen LogP contribution is 2.13. The fourth-order valence-electron chi connectivity index (χ4n) is 2.30. The molecule has 0 bridgehead atoms. The number of ether oxygens (including phenoxy) is 1. The Morgan fingerprint density at radius 3 is 3.00 bits per heavy atom. The summed E-state index contributed by atoms with van der Waals surface area (Å²) < 4.78 is 19.1. The van der Waals surface area contributed by atoms with E-state index in [4.69, 9.17) is 4.74 Å². The van der Waals surface area contributed by atoms with Gasteiger partial charge in [0.25, 0.3) is 0 Å². The van der Waals surface area contributed by atoms with E-state index in [0.717, 1.165) is 19.4 Å². The van der Waals surface area contributed by atoms with Crippen molar-refractivity contribution in [1.29, 1.82) is 0 Å². The minimum Gasteiger partial charge on any atom is -0.376 e. The lowest BCUT2D eigenvalue weighted by Gasteiger charge is -2.11. The number of aromatic nitrogens is 3. The molecule has 3 rings (SSSR count). The summed E-state index contributed by atoms with van der Waals surface area (Å²) in [5.41, 5.74) is 0.579. The molecule has 1 fully saturated rings. The number of anilines is 2. The smallest absolute Gasteiger partial charge is 0.244 e. The molecule has 1 unspecified atom stereocenters. The zero-order valence-electron chi connectivity index (χ0n) is 12.1. The summed E-state index contributed by atoms with van der Waals surface area (Å²) >= 11 is 0. The molecule has 116 valence electrons. The SMILES string of the molecule is Fc1ccccc1CNc1cnnc(NCC2CCCO2)n1. The molecule has 0 aliphatic carbocycles. The molecule has 1 atom stereocenters. The van der Waals surface area contributed by atoms with Gasteiger partial charge in [-0.25, -0.2) is 4.39 Å². The predicted molar refractivity (Wildman–Crippen MR) is 81.0 cm³/mol. The molecule has 2 heterocycles. The Hall–Kier alpha value is -2.28. The summed E-state index contributed by atoms with van der Waals surface area (Å²) in [5.74, 6) is 0.746. The Bertz CT molecular complexity index is 618. The molecule has 1 aromatic heterocycles. The molecular weight excluding hydrogens is 285 g/mol. The van der Waals surface area contributed by atoms with Crippen LogP contribution in [0, 0.1) is 5.82 Å². The van der Waals surface area contributed by atoms with Crippen LogP contribution in [0.1, 0.15) is 18.4 Å². The maximum absolute atomic E-state index is 13.6. The van der Waals surface area contributed by atoms with E-state index < -0.39 is 0 Å². The van der Waals surface area contributed by atoms with Crippen molar-refractivity contribution >= 4 is 11.8 Å². The normalized spacial score (nSPS) is 17.4. The monoisotopic (exact) mass is 303 g/mol. The van der Waals surface area contributed by atoms with Crippen molar-refractivity contribution in [3.05, 3.63) is 41.8 Å². The van der Waals surface area contributed by atoms with E-state index in [1.165, 1.54) is 12.3 Å². The van der Waals surface area contributed by atoms with E-state index in [-0.39, 0.29) is 11.9 Å². The Morgan fingerprint density at radius 2 is 2.18 bits per heavy atom. The van der Waals surface area contributed by atoms with E-state index >= 15 is 0 Å². The Morgan fingerprint density at radius 1 is 1.27 bits per heavy atom. The number of benzene rings is 1. The number of nitrogens with one attached hydrogen (secondary N) is 2. The van der Waals surface area contributed by atoms with Crippen molar-refractivity contribution in [1.82, 2.24) is 15.2 Å². The second-order valence-corrected chi connectivity index (χ2v) is 5.13. The maximum Gasteiger partial charge on any atom is 0.244 e. The highest BCUT2D eigenvalue weighted by Gasteiger charge is 2.15. The van der Waals surface area contributed by atoms with Crippen LogP contribution in [0.4, 0.5) is 16.2 Å². The van der Waals surface area contributed by atoms with Crippen LogP contribution in [0.15, 0.2) is 30.5 Å². The zero-order chi connectivity index (χ0) is 15.2. The molecule has 0 amide bonds. The first-order valence-electron chi connectivity index (χ1n) is 7.34. The topological polar surface area (TPSA) is 72.0 Å². The molecule has 1 saturated heterocycles. The number of nitrogens with zero attached hydrogens (tertiary/aromatic N) is 3. The first kappa shape index (κ1) is 14.6. The zero-order valence-corrected chi connectivity index (χ0v) is 12.1. The van der Waals surface area contributed by atoms with Gasteiger partial charge in [0.05, 0.1) is 12.3 Å². The van der Waals surface area contributed by atoms with Crippen molar-refractivity contribution in [2.45, 2.75) is 25.5 Å². The van der Waals surface area contributed by atoms with E-state index in [2.05, 4.69) is 25.8 Å². The lowest BCUT2D eigenvalue weighted by atomic mass is 10.2. The fraction of sp³-hybridized carbons (Fsp3) is 0.400. The summed E-state index contributed by atoms with van der Waals surface area (Å²) in [4.78, 5) is 4.30. The highest BCUT2D eigenvalue weighted by atomic mass is 19.1. The molecule has 2 aromatic rings. The van der Waals surface area contributed by atoms with Gasteiger partial charge in [-0.1, -0.05) is 18.2 Å². The van der Waals surface area contributed by atoms with Crippen LogP contribution in [-0.4, -0.2) is 34.4 Å². The van der Waals surface area contributed by atoms with Crippen molar-refractivity contribution in [3.63, 3.8) is 0 Å². The van der Waals surface area contributed by atoms with Crippen LogP contribution in [0.2, 0.25) is 0 Å². The maximum atomic E-state index is 13.6. The van der Waals surface area contributed by atoms with Gasteiger partial charge < -0.3 is 15.4 Å². The summed E-state index contributed by atoms with van der Waals surface area (Å²) in [6.45, 7) is 1.82. The van der Waals surface area contributed by atoms with Gasteiger partial charge in [-0.15, -0.1) is 5.10 Å². The van der Waals surface area contributed by atoms with Gasteiger partial charge in [0.15, 0.2) is 5.82 Å². The first-order chi connectivity index (χ1) is 10.8. The molecule has 0 radical (unpaired) electrons. The lowest BCUT2D eigenvalue weighted by Crippen LogP contribution is -2.20. The summed E-state index contributed by atoms with van der Waals surface area (Å²) in [6, 6.07) is 6.63. The molecule has 6 nitrogen and oxygen atoms in total. The minimum absolute atomic E-state index is 0.207. The first-order valence-corrected chi connectivity index (χ1v) is 7.34. The Kier molecular flexibility index (Phi) is 4.75. The second-order valence-electron chi connectivity index (χ2n) is 5.13. The van der Waals surface area contributed by atoms with Crippen LogP contribution < -0.4 is 10.6 Å². The van der Waals surface area contributed by atoms with Crippen LogP contribution in [0.25, 0.3) is 0 Å². The Labute approximate surface area is 128 Å². The third kappa shape index (κ3) is 3.88. The Balaban J connectivity index is 1.55. The summed E-state index contributed by atoms with van der Waals surface area (Å²) in [6.07, 6.45) is 3.86. The van der Waals surface area contributed by atoms with Crippen LogP contribution in [-0.2, 0) is 11.3 Å². The molecule has 1 aliphatic heterocycles. The van der Waals surface area contributed by atoms with Gasteiger partial charge >= 0.3 is 0 Å². The summed E-state index contributed by atoms with van der Waals surface area (Å²) in [7, 11) is 0. The second kappa shape index (κ2) is 7.13. The summed E-state index contributed by atoms with van der Waals surface area (Å²) in [5, 5.41) is 14.0. The third-order valence-electron chi connectivity index (χ3n) is 3.49. The fourth-order valence-corrected chi connectivity index (χ4v) is 2.30. The molecule has 1 aliphatic rings. The number of hydrogen-bond donors (Lipinski definition) is 2. The quantitative estimate of drug-likeness (QED) is 0.852. The largest absolute Gasteiger partial charge is 0.376 e. The third-order valence-corrected chi connectivity index (χ3v) is 3.49. The molecule has 22 heavy (non-hydrogen) atoms. The number of halogens is 1. The molecule has 1 aromatic carbocycles. The molecular formula is C15H18FN5O. The predicted octanol–water partition coefficient (Wildman–Crippen LogP) is 2.21. The molecule has 2 N–H and O–H groups in total. The van der Waals surface area contributed by atoms with Crippen molar-refractivity contribution in [2.24, 2.45) is 0 Å². The van der Waals surface area contributed by atoms with Gasteiger partial charge in [-0.3, -0.25) is 0 Å². The van der Waals surface area contributed by atoms with E-state index in [1.54, 1.807) is 18.2 Å². The van der Waals surface area contributed by atoms with Crippen LogP contribution in [0.3, 0.4) is 0 Å². The average molecular weight is 303 g/mol. The number of rotatable bonds is 6. The number of hydrogen-bond acceptors (Lipinski definition) is 6. The van der Waals surface area contributed by atoms with Crippen molar-refractivity contribution < 1.29 is 9.13 Å². The van der Waals surface area contributed by atoms with E-state index in [9.17, 15) is 4.39 Å².